The minimum Gasteiger partial charge on any atom is -0.393 e. The molecule has 0 aromatic carbocycles. The Morgan fingerprint density at radius 3 is 2.70 bits per heavy atom. The van der Waals surface area contributed by atoms with E-state index in [0.29, 0.717) is 6.61 Å². The lowest BCUT2D eigenvalue weighted by molar-refractivity contribution is 0.0323. The third kappa shape index (κ3) is 2.66. The maximum atomic E-state index is 8.56. The van der Waals surface area contributed by atoms with Gasteiger partial charge in [-0.15, -0.1) is 12.4 Å². The van der Waals surface area contributed by atoms with Crippen molar-refractivity contribution in [2.75, 3.05) is 13.2 Å². The number of hydrogen-bond donors (Lipinski definition) is 2. The summed E-state index contributed by atoms with van der Waals surface area (Å²) in [6.45, 7) is 0.560. The number of ether oxygens (including phenoxy) is 1. The molecule has 3 N–H and O–H groups in total. The topological polar surface area (TPSA) is 55.5 Å². The van der Waals surface area contributed by atoms with Crippen LogP contribution in [0.25, 0.3) is 0 Å². The largest absolute Gasteiger partial charge is 0.393 e. The fourth-order valence-electron chi connectivity index (χ4n) is 0.726. The van der Waals surface area contributed by atoms with Crippen molar-refractivity contribution in [3.05, 3.63) is 12.2 Å². The third-order valence-corrected chi connectivity index (χ3v) is 1.26. The zero-order valence-corrected chi connectivity index (χ0v) is 6.38. The van der Waals surface area contributed by atoms with Crippen molar-refractivity contribution >= 4 is 12.4 Å². The quantitative estimate of drug-likeness (QED) is 0.524. The van der Waals surface area contributed by atoms with Gasteiger partial charge in [0.1, 0.15) is 0 Å². The highest BCUT2D eigenvalue weighted by Gasteiger charge is 2.10. The van der Waals surface area contributed by atoms with Gasteiger partial charge in [0.25, 0.3) is 0 Å². The molecule has 1 heterocycles. The molecule has 10 heavy (non-hydrogen) atoms. The number of aliphatic hydroxyl groups is 1. The molecule has 60 valence electrons. The molecule has 0 fully saturated rings. The monoisotopic (exact) mass is 165 g/mol. The maximum absolute atomic E-state index is 8.56. The SMILES string of the molecule is Cl.NC1C=CC(CO)OC1. The highest BCUT2D eigenvalue weighted by Crippen LogP contribution is 2.01. The third-order valence-electron chi connectivity index (χ3n) is 1.26. The Labute approximate surface area is 66.3 Å². The van der Waals surface area contributed by atoms with Crippen molar-refractivity contribution in [3.8, 4) is 0 Å². The predicted molar refractivity (Wildman–Crippen MR) is 41.2 cm³/mol. The maximum Gasteiger partial charge on any atom is 0.0988 e. The van der Waals surface area contributed by atoms with Crippen LogP contribution < -0.4 is 5.73 Å². The molecule has 1 rings (SSSR count). The van der Waals surface area contributed by atoms with Crippen LogP contribution in [0.15, 0.2) is 12.2 Å². The summed E-state index contributed by atoms with van der Waals surface area (Å²) >= 11 is 0. The van der Waals surface area contributed by atoms with Crippen molar-refractivity contribution in [2.45, 2.75) is 12.1 Å². The molecule has 3 nitrogen and oxygen atoms in total. The summed E-state index contributed by atoms with van der Waals surface area (Å²) in [6.07, 6.45) is 3.50. The average Bonchev–Trinajstić information content (AvgIpc) is 1.90. The fraction of sp³-hybridized carbons (Fsp3) is 0.667. The fourth-order valence-corrected chi connectivity index (χ4v) is 0.726. The Morgan fingerprint density at radius 2 is 2.30 bits per heavy atom. The molecule has 0 aromatic rings. The van der Waals surface area contributed by atoms with Crippen LogP contribution in [-0.4, -0.2) is 30.5 Å². The molecule has 0 radical (unpaired) electrons. The summed E-state index contributed by atoms with van der Waals surface area (Å²) < 4.78 is 5.08. The number of nitrogens with two attached hydrogens (primary N) is 1. The minimum atomic E-state index is -0.134. The van der Waals surface area contributed by atoms with Crippen LogP contribution in [0.1, 0.15) is 0 Å². The highest BCUT2D eigenvalue weighted by atomic mass is 35.5. The van der Waals surface area contributed by atoms with E-state index >= 15 is 0 Å². The van der Waals surface area contributed by atoms with E-state index in [-0.39, 0.29) is 31.2 Å². The Bertz CT molecular complexity index is 118. The number of rotatable bonds is 1. The van der Waals surface area contributed by atoms with Crippen molar-refractivity contribution in [1.29, 1.82) is 0 Å². The van der Waals surface area contributed by atoms with E-state index in [9.17, 15) is 0 Å². The van der Waals surface area contributed by atoms with E-state index < -0.39 is 0 Å². The molecule has 4 heteroatoms. The van der Waals surface area contributed by atoms with Gasteiger partial charge in [0.15, 0.2) is 0 Å². The summed E-state index contributed by atoms with van der Waals surface area (Å²) in [4.78, 5) is 0. The Morgan fingerprint density at radius 1 is 1.60 bits per heavy atom. The molecule has 0 saturated carbocycles. The Balaban J connectivity index is 0.000000810. The van der Waals surface area contributed by atoms with Crippen molar-refractivity contribution < 1.29 is 9.84 Å². The second-order valence-electron chi connectivity index (χ2n) is 2.10. The van der Waals surface area contributed by atoms with Gasteiger partial charge in [-0.25, -0.2) is 0 Å². The average molecular weight is 166 g/mol. The van der Waals surface area contributed by atoms with Gasteiger partial charge in [0.2, 0.25) is 0 Å². The zero-order chi connectivity index (χ0) is 6.69. The standard InChI is InChI=1S/C6H11NO2.ClH/c7-5-1-2-6(3-8)9-4-5;/h1-2,5-6,8H,3-4,7H2;1H. The molecule has 2 unspecified atom stereocenters. The summed E-state index contributed by atoms with van der Waals surface area (Å²) in [5, 5.41) is 8.56. The molecule has 0 amide bonds. The molecular weight excluding hydrogens is 154 g/mol. The van der Waals surface area contributed by atoms with E-state index in [4.69, 9.17) is 15.6 Å². The van der Waals surface area contributed by atoms with E-state index in [1.165, 1.54) is 0 Å². The molecule has 1 aliphatic rings. The van der Waals surface area contributed by atoms with Gasteiger partial charge in [-0.2, -0.15) is 0 Å². The molecule has 1 aliphatic heterocycles. The van der Waals surface area contributed by atoms with Gasteiger partial charge in [0, 0.05) is 6.04 Å². The summed E-state index contributed by atoms with van der Waals surface area (Å²) in [5.74, 6) is 0. The minimum absolute atomic E-state index is 0. The van der Waals surface area contributed by atoms with E-state index in [1.54, 1.807) is 6.08 Å². The van der Waals surface area contributed by atoms with E-state index in [2.05, 4.69) is 0 Å². The first-order valence-corrected chi connectivity index (χ1v) is 2.99. The van der Waals surface area contributed by atoms with Crippen molar-refractivity contribution in [1.82, 2.24) is 0 Å². The van der Waals surface area contributed by atoms with Crippen LogP contribution >= 0.6 is 12.4 Å². The molecule has 2 atom stereocenters. The Kier molecular flexibility index (Phi) is 4.64. The van der Waals surface area contributed by atoms with Crippen LogP contribution in [0.3, 0.4) is 0 Å². The van der Waals surface area contributed by atoms with Crippen LogP contribution in [0, 0.1) is 0 Å². The second-order valence-corrected chi connectivity index (χ2v) is 2.10. The number of hydrogen-bond acceptors (Lipinski definition) is 3. The lowest BCUT2D eigenvalue weighted by atomic mass is 10.2. The van der Waals surface area contributed by atoms with Gasteiger partial charge in [0.05, 0.1) is 19.3 Å². The van der Waals surface area contributed by atoms with Gasteiger partial charge in [-0.3, -0.25) is 0 Å². The first-order valence-electron chi connectivity index (χ1n) is 2.99. The molecule has 0 aromatic heterocycles. The molecular formula is C6H12ClNO2. The molecule has 0 aliphatic carbocycles. The molecule has 0 spiro atoms. The van der Waals surface area contributed by atoms with Crippen LogP contribution in [0.2, 0.25) is 0 Å². The predicted octanol–water partition coefficient (Wildman–Crippen LogP) is -0.317. The summed E-state index contributed by atoms with van der Waals surface area (Å²) in [6, 6.07) is 0.00722. The second kappa shape index (κ2) is 4.68. The van der Waals surface area contributed by atoms with Gasteiger partial charge >= 0.3 is 0 Å². The van der Waals surface area contributed by atoms with Gasteiger partial charge in [-0.05, 0) is 0 Å². The lowest BCUT2D eigenvalue weighted by Crippen LogP contribution is -2.32. The normalized spacial score (nSPS) is 31.4. The number of halogens is 1. The van der Waals surface area contributed by atoms with Gasteiger partial charge in [-0.1, -0.05) is 12.2 Å². The van der Waals surface area contributed by atoms with Crippen LogP contribution in [-0.2, 0) is 4.74 Å². The van der Waals surface area contributed by atoms with Crippen LogP contribution in [0.4, 0.5) is 0 Å². The summed E-state index contributed by atoms with van der Waals surface area (Å²) in [5.41, 5.74) is 5.46. The van der Waals surface area contributed by atoms with E-state index in [0.717, 1.165) is 0 Å². The van der Waals surface area contributed by atoms with Crippen molar-refractivity contribution in [2.24, 2.45) is 5.73 Å². The van der Waals surface area contributed by atoms with Crippen LogP contribution in [0.5, 0.6) is 0 Å². The Hall–Kier alpha value is -0.0900. The summed E-state index contributed by atoms with van der Waals surface area (Å²) in [7, 11) is 0. The first kappa shape index (κ1) is 9.91. The first-order chi connectivity index (χ1) is 4.33. The highest BCUT2D eigenvalue weighted by molar-refractivity contribution is 5.85. The van der Waals surface area contributed by atoms with Crippen molar-refractivity contribution in [3.63, 3.8) is 0 Å². The smallest absolute Gasteiger partial charge is 0.0988 e. The van der Waals surface area contributed by atoms with Gasteiger partial charge < -0.3 is 15.6 Å². The number of aliphatic hydroxyl groups excluding tert-OH is 1. The molecule has 0 bridgehead atoms. The zero-order valence-electron chi connectivity index (χ0n) is 5.56. The molecule has 0 saturated heterocycles. The lowest BCUT2D eigenvalue weighted by Gasteiger charge is -2.18. The van der Waals surface area contributed by atoms with E-state index in [1.807, 2.05) is 6.08 Å².